The Bertz CT molecular complexity index is 800. The van der Waals surface area contributed by atoms with Crippen LogP contribution >= 0.6 is 11.3 Å². The third kappa shape index (κ3) is 2.26. The lowest BCUT2D eigenvalue weighted by Crippen LogP contribution is -2.16. The predicted molar refractivity (Wildman–Crippen MR) is 89.3 cm³/mol. The number of anilines is 1. The molecule has 112 valence electrons. The van der Waals surface area contributed by atoms with Gasteiger partial charge in [-0.15, -0.1) is 11.3 Å². The smallest absolute Gasteiger partial charge is 0.139 e. The molecule has 0 spiro atoms. The molecule has 4 nitrogen and oxygen atoms in total. The summed E-state index contributed by atoms with van der Waals surface area (Å²) in [6.45, 7) is 0.0296. The standard InChI is InChI=1S/C17H17N3OS/c21-9-13(11-5-2-1-3-6-11)20-16-15-12-7-4-8-14(12)22-17(15)19-10-18-16/h1-3,5-6,10,13,21H,4,7-9H2,(H,18,19,20)/t13-/m1/s1. The van der Waals surface area contributed by atoms with Crippen molar-refractivity contribution in [1.29, 1.82) is 0 Å². The van der Waals surface area contributed by atoms with E-state index >= 15 is 0 Å². The number of aliphatic hydroxyl groups is 1. The Labute approximate surface area is 132 Å². The minimum Gasteiger partial charge on any atom is -0.394 e. The van der Waals surface area contributed by atoms with Gasteiger partial charge in [0, 0.05) is 4.88 Å². The van der Waals surface area contributed by atoms with Gasteiger partial charge in [0.05, 0.1) is 18.0 Å². The van der Waals surface area contributed by atoms with Crippen LogP contribution in [0.2, 0.25) is 0 Å². The third-order valence-corrected chi connectivity index (χ3v) is 5.40. The molecule has 2 N–H and O–H groups in total. The molecule has 0 saturated carbocycles. The Morgan fingerprint density at radius 3 is 2.86 bits per heavy atom. The van der Waals surface area contributed by atoms with Gasteiger partial charge >= 0.3 is 0 Å². The van der Waals surface area contributed by atoms with Crippen LogP contribution in [0.3, 0.4) is 0 Å². The van der Waals surface area contributed by atoms with Crippen LogP contribution in [0.4, 0.5) is 5.82 Å². The topological polar surface area (TPSA) is 58.0 Å². The van der Waals surface area contributed by atoms with Crippen LogP contribution in [0, 0.1) is 0 Å². The number of rotatable bonds is 4. The first-order valence-corrected chi connectivity index (χ1v) is 8.36. The SMILES string of the molecule is OC[C@@H](Nc1ncnc2sc3c(c12)CCC3)c1ccccc1. The molecule has 0 aliphatic heterocycles. The van der Waals surface area contributed by atoms with Gasteiger partial charge in [-0.1, -0.05) is 30.3 Å². The second kappa shape index (κ2) is 5.66. The highest BCUT2D eigenvalue weighted by molar-refractivity contribution is 7.19. The van der Waals surface area contributed by atoms with E-state index in [0.717, 1.165) is 34.4 Å². The number of nitrogens with one attached hydrogen (secondary N) is 1. The number of aryl methyl sites for hydroxylation is 2. The number of thiophene rings is 1. The zero-order valence-electron chi connectivity index (χ0n) is 12.1. The second-order valence-corrected chi connectivity index (χ2v) is 6.63. The Kier molecular flexibility index (Phi) is 3.52. The number of nitrogens with zero attached hydrogens (tertiary/aromatic N) is 2. The summed E-state index contributed by atoms with van der Waals surface area (Å²) < 4.78 is 0. The van der Waals surface area contributed by atoms with Crippen molar-refractivity contribution < 1.29 is 5.11 Å². The number of fused-ring (bicyclic) bond motifs is 3. The van der Waals surface area contributed by atoms with Crippen LogP contribution in [0.5, 0.6) is 0 Å². The molecule has 0 bridgehead atoms. The van der Waals surface area contributed by atoms with Crippen LogP contribution in [0.1, 0.15) is 28.5 Å². The van der Waals surface area contributed by atoms with Crippen LogP contribution in [0.15, 0.2) is 36.7 Å². The van der Waals surface area contributed by atoms with Crippen LogP contribution in [0.25, 0.3) is 10.2 Å². The number of aromatic nitrogens is 2. The lowest BCUT2D eigenvalue weighted by Gasteiger charge is -2.18. The van der Waals surface area contributed by atoms with Crippen molar-refractivity contribution in [3.05, 3.63) is 52.7 Å². The molecule has 0 unspecified atom stereocenters. The highest BCUT2D eigenvalue weighted by atomic mass is 32.1. The van der Waals surface area contributed by atoms with Gasteiger partial charge in [0.1, 0.15) is 17.0 Å². The van der Waals surface area contributed by atoms with Crippen molar-refractivity contribution in [3.8, 4) is 0 Å². The Morgan fingerprint density at radius 2 is 2.05 bits per heavy atom. The molecule has 4 rings (SSSR count). The summed E-state index contributed by atoms with van der Waals surface area (Å²) in [4.78, 5) is 11.4. The molecule has 0 amide bonds. The molecule has 1 aliphatic rings. The molecular weight excluding hydrogens is 294 g/mol. The van der Waals surface area contributed by atoms with Gasteiger partial charge in [0.2, 0.25) is 0 Å². The van der Waals surface area contributed by atoms with E-state index in [-0.39, 0.29) is 12.6 Å². The summed E-state index contributed by atoms with van der Waals surface area (Å²) in [5.74, 6) is 0.840. The van der Waals surface area contributed by atoms with Gasteiger partial charge in [0.15, 0.2) is 0 Å². The lowest BCUT2D eigenvalue weighted by molar-refractivity contribution is 0.276. The highest BCUT2D eigenvalue weighted by Crippen LogP contribution is 2.39. The van der Waals surface area contributed by atoms with Crippen molar-refractivity contribution in [2.24, 2.45) is 0 Å². The van der Waals surface area contributed by atoms with E-state index in [0.29, 0.717) is 0 Å². The summed E-state index contributed by atoms with van der Waals surface area (Å²) >= 11 is 1.78. The zero-order valence-corrected chi connectivity index (χ0v) is 12.9. The van der Waals surface area contributed by atoms with Crippen molar-refractivity contribution in [2.45, 2.75) is 25.3 Å². The normalized spacial score (nSPS) is 15.0. The van der Waals surface area contributed by atoms with E-state index in [4.69, 9.17) is 0 Å². The molecular formula is C17H17N3OS. The predicted octanol–water partition coefficient (Wildman–Crippen LogP) is 3.33. The summed E-state index contributed by atoms with van der Waals surface area (Å²) in [6.07, 6.45) is 5.08. The molecule has 1 aliphatic carbocycles. The monoisotopic (exact) mass is 311 g/mol. The molecule has 1 atom stereocenters. The van der Waals surface area contributed by atoms with Crippen LogP contribution in [-0.4, -0.2) is 21.7 Å². The molecule has 22 heavy (non-hydrogen) atoms. The molecule has 2 aromatic heterocycles. The molecule has 3 aromatic rings. The van der Waals surface area contributed by atoms with Crippen molar-refractivity contribution in [3.63, 3.8) is 0 Å². The van der Waals surface area contributed by atoms with Crippen molar-refractivity contribution >= 4 is 27.4 Å². The third-order valence-electron chi connectivity index (χ3n) is 4.20. The van der Waals surface area contributed by atoms with Gasteiger partial charge in [-0.25, -0.2) is 9.97 Å². The fourth-order valence-electron chi connectivity index (χ4n) is 3.12. The van der Waals surface area contributed by atoms with E-state index < -0.39 is 0 Å². The average molecular weight is 311 g/mol. The van der Waals surface area contributed by atoms with Gasteiger partial charge in [0.25, 0.3) is 0 Å². The van der Waals surface area contributed by atoms with Crippen LogP contribution < -0.4 is 5.32 Å². The van der Waals surface area contributed by atoms with E-state index in [1.807, 2.05) is 30.3 Å². The van der Waals surface area contributed by atoms with Gasteiger partial charge in [-0.2, -0.15) is 0 Å². The maximum Gasteiger partial charge on any atom is 0.139 e. The van der Waals surface area contributed by atoms with E-state index in [1.165, 1.54) is 16.9 Å². The minimum atomic E-state index is -0.156. The summed E-state index contributed by atoms with van der Waals surface area (Å²) in [5, 5.41) is 14.3. The summed E-state index contributed by atoms with van der Waals surface area (Å²) in [6, 6.07) is 9.83. The fraction of sp³-hybridized carbons (Fsp3) is 0.294. The van der Waals surface area contributed by atoms with E-state index in [1.54, 1.807) is 17.7 Å². The molecule has 0 radical (unpaired) electrons. The minimum absolute atomic E-state index is 0.0296. The van der Waals surface area contributed by atoms with Crippen molar-refractivity contribution in [2.75, 3.05) is 11.9 Å². The summed E-state index contributed by atoms with van der Waals surface area (Å²) in [7, 11) is 0. The maximum absolute atomic E-state index is 9.75. The first kappa shape index (κ1) is 13.7. The lowest BCUT2D eigenvalue weighted by atomic mass is 10.1. The molecule has 0 saturated heterocycles. The molecule has 0 fully saturated rings. The van der Waals surface area contributed by atoms with Crippen LogP contribution in [-0.2, 0) is 12.8 Å². The van der Waals surface area contributed by atoms with Gasteiger partial charge in [-0.05, 0) is 30.4 Å². The quantitative estimate of drug-likeness (QED) is 0.776. The second-order valence-electron chi connectivity index (χ2n) is 5.55. The van der Waals surface area contributed by atoms with Crippen molar-refractivity contribution in [1.82, 2.24) is 9.97 Å². The Morgan fingerprint density at radius 1 is 1.18 bits per heavy atom. The highest BCUT2D eigenvalue weighted by Gasteiger charge is 2.22. The van der Waals surface area contributed by atoms with E-state index in [2.05, 4.69) is 15.3 Å². The summed E-state index contributed by atoms with van der Waals surface area (Å²) in [5.41, 5.74) is 2.46. The number of hydrogen-bond acceptors (Lipinski definition) is 5. The Hall–Kier alpha value is -1.98. The van der Waals surface area contributed by atoms with Gasteiger partial charge in [-0.3, -0.25) is 0 Å². The zero-order chi connectivity index (χ0) is 14.9. The Balaban J connectivity index is 1.75. The first-order chi connectivity index (χ1) is 10.9. The van der Waals surface area contributed by atoms with E-state index in [9.17, 15) is 5.11 Å². The number of hydrogen-bond donors (Lipinski definition) is 2. The molecule has 2 heterocycles. The maximum atomic E-state index is 9.75. The van der Waals surface area contributed by atoms with Gasteiger partial charge < -0.3 is 10.4 Å². The fourth-order valence-corrected chi connectivity index (χ4v) is 4.35. The number of benzene rings is 1. The molecule has 5 heteroatoms. The number of aliphatic hydroxyl groups excluding tert-OH is 1. The average Bonchev–Trinajstić information content (AvgIpc) is 3.14. The molecule has 1 aromatic carbocycles. The first-order valence-electron chi connectivity index (χ1n) is 7.54. The largest absolute Gasteiger partial charge is 0.394 e.